The number of rotatable bonds is 6. The summed E-state index contributed by atoms with van der Waals surface area (Å²) in [5, 5.41) is 8.83. The molecule has 0 saturated carbocycles. The fraction of sp³-hybridized carbons (Fsp3) is 0.500. The highest BCUT2D eigenvalue weighted by Gasteiger charge is 2.29. The second-order valence-corrected chi connectivity index (χ2v) is 6.78. The molecule has 1 aromatic rings. The van der Waals surface area contributed by atoms with Crippen LogP contribution in [0.1, 0.15) is 31.4 Å². The van der Waals surface area contributed by atoms with Gasteiger partial charge in [0.05, 0.1) is 11.3 Å². The van der Waals surface area contributed by atoms with Gasteiger partial charge in [-0.3, -0.25) is 4.79 Å². The number of nitrogens with zero attached hydrogens (tertiary/aromatic N) is 1. The molecule has 0 radical (unpaired) electrons. The Morgan fingerprint density at radius 2 is 1.95 bits per heavy atom. The predicted octanol–water partition coefficient (Wildman–Crippen LogP) is 2.18. The Balaban J connectivity index is 3.21. The minimum absolute atomic E-state index is 0.210. The van der Waals surface area contributed by atoms with Crippen molar-refractivity contribution in [2.75, 3.05) is 6.54 Å². The van der Waals surface area contributed by atoms with Crippen molar-refractivity contribution in [3.63, 3.8) is 0 Å². The maximum Gasteiger partial charge on any atom is 0.304 e. The number of aliphatic carboxylic acids is 1. The molecule has 0 aromatic heterocycles. The molecule has 1 N–H and O–H groups in total. The Morgan fingerprint density at radius 1 is 1.35 bits per heavy atom. The van der Waals surface area contributed by atoms with Crippen LogP contribution in [0.3, 0.4) is 0 Å². The van der Waals surface area contributed by atoms with Gasteiger partial charge >= 0.3 is 5.97 Å². The van der Waals surface area contributed by atoms with E-state index in [1.807, 2.05) is 13.0 Å². The van der Waals surface area contributed by atoms with Crippen molar-refractivity contribution in [1.29, 1.82) is 0 Å². The fourth-order valence-corrected chi connectivity index (χ4v) is 4.13. The van der Waals surface area contributed by atoms with E-state index in [1.54, 1.807) is 32.9 Å². The van der Waals surface area contributed by atoms with E-state index in [0.717, 1.165) is 5.56 Å². The van der Waals surface area contributed by atoms with Crippen molar-refractivity contribution in [3.8, 4) is 0 Å². The minimum atomic E-state index is -3.67. The third kappa shape index (κ3) is 3.58. The molecule has 0 aliphatic carbocycles. The van der Waals surface area contributed by atoms with Gasteiger partial charge in [0.25, 0.3) is 0 Å². The molecule has 112 valence electrons. The molecule has 20 heavy (non-hydrogen) atoms. The highest BCUT2D eigenvalue weighted by atomic mass is 32.2. The molecule has 6 heteroatoms. The molecule has 0 fully saturated rings. The summed E-state index contributed by atoms with van der Waals surface area (Å²) in [6.45, 7) is 7.20. The number of hydrogen-bond donors (Lipinski definition) is 1. The SMILES string of the molecule is CCN(C(C)CC(=O)O)S(=O)(=O)c1ccc(C)cc1C. The second kappa shape index (κ2) is 6.37. The zero-order chi connectivity index (χ0) is 15.5. The molecule has 0 spiro atoms. The van der Waals surface area contributed by atoms with E-state index in [0.29, 0.717) is 5.56 Å². The Labute approximate surface area is 120 Å². The standard InChI is InChI=1S/C14H21NO4S/c1-5-15(12(4)9-14(16)17)20(18,19)13-7-6-10(2)8-11(13)3/h6-8,12H,5,9H2,1-4H3,(H,16,17). The number of carbonyl (C=O) groups is 1. The Hall–Kier alpha value is -1.40. The topological polar surface area (TPSA) is 74.7 Å². The van der Waals surface area contributed by atoms with Crippen LogP contribution in [0.4, 0.5) is 0 Å². The Bertz CT molecular complexity index is 595. The molecular formula is C14H21NO4S. The van der Waals surface area contributed by atoms with Gasteiger partial charge in [-0.2, -0.15) is 4.31 Å². The smallest absolute Gasteiger partial charge is 0.304 e. The van der Waals surface area contributed by atoms with Crippen molar-refractivity contribution in [1.82, 2.24) is 4.31 Å². The summed E-state index contributed by atoms with van der Waals surface area (Å²) in [6.07, 6.45) is -0.210. The summed E-state index contributed by atoms with van der Waals surface area (Å²) < 4.78 is 26.5. The van der Waals surface area contributed by atoms with Crippen LogP contribution in [-0.2, 0) is 14.8 Å². The van der Waals surface area contributed by atoms with Gasteiger partial charge in [0.1, 0.15) is 0 Å². The summed E-state index contributed by atoms with van der Waals surface area (Å²) >= 11 is 0. The first-order valence-electron chi connectivity index (χ1n) is 6.51. The number of aryl methyl sites for hydroxylation is 2. The highest BCUT2D eigenvalue weighted by molar-refractivity contribution is 7.89. The third-order valence-corrected chi connectivity index (χ3v) is 5.44. The average molecular weight is 299 g/mol. The molecular weight excluding hydrogens is 278 g/mol. The number of benzene rings is 1. The van der Waals surface area contributed by atoms with Gasteiger partial charge in [-0.1, -0.05) is 24.6 Å². The molecule has 5 nitrogen and oxygen atoms in total. The van der Waals surface area contributed by atoms with E-state index < -0.39 is 22.0 Å². The monoisotopic (exact) mass is 299 g/mol. The molecule has 0 bridgehead atoms. The van der Waals surface area contributed by atoms with E-state index in [1.165, 1.54) is 4.31 Å². The zero-order valence-corrected chi connectivity index (χ0v) is 13.1. The van der Waals surface area contributed by atoms with Crippen molar-refractivity contribution in [2.24, 2.45) is 0 Å². The molecule has 1 aromatic carbocycles. The Kier molecular flexibility index (Phi) is 5.30. The van der Waals surface area contributed by atoms with Crippen LogP contribution >= 0.6 is 0 Å². The third-order valence-electron chi connectivity index (χ3n) is 3.19. The summed E-state index contributed by atoms with van der Waals surface area (Å²) in [5.74, 6) is -1.01. The van der Waals surface area contributed by atoms with Gasteiger partial charge in [0.15, 0.2) is 0 Å². The zero-order valence-electron chi connectivity index (χ0n) is 12.3. The van der Waals surface area contributed by atoms with Crippen LogP contribution in [0.5, 0.6) is 0 Å². The molecule has 1 unspecified atom stereocenters. The predicted molar refractivity (Wildman–Crippen MR) is 77.2 cm³/mol. The van der Waals surface area contributed by atoms with Crippen molar-refractivity contribution in [3.05, 3.63) is 29.3 Å². The summed E-state index contributed by atoms with van der Waals surface area (Å²) in [6, 6.07) is 4.55. The van der Waals surface area contributed by atoms with Crippen molar-refractivity contribution < 1.29 is 18.3 Å². The van der Waals surface area contributed by atoms with E-state index >= 15 is 0 Å². The molecule has 0 aliphatic rings. The molecule has 0 amide bonds. The lowest BCUT2D eigenvalue weighted by Crippen LogP contribution is -2.39. The van der Waals surface area contributed by atoms with Gasteiger partial charge in [0.2, 0.25) is 10.0 Å². The quantitative estimate of drug-likeness (QED) is 0.873. The summed E-state index contributed by atoms with van der Waals surface area (Å²) in [5.41, 5.74) is 1.66. The lowest BCUT2D eigenvalue weighted by Gasteiger charge is -2.26. The van der Waals surface area contributed by atoms with Crippen LogP contribution in [0, 0.1) is 13.8 Å². The first-order chi connectivity index (χ1) is 9.20. The summed E-state index contributed by atoms with van der Waals surface area (Å²) in [7, 11) is -3.67. The fourth-order valence-electron chi connectivity index (χ4n) is 2.29. The van der Waals surface area contributed by atoms with Crippen LogP contribution in [0.15, 0.2) is 23.1 Å². The van der Waals surface area contributed by atoms with E-state index in [9.17, 15) is 13.2 Å². The van der Waals surface area contributed by atoms with Gasteiger partial charge < -0.3 is 5.11 Å². The maximum atomic E-state index is 12.7. The van der Waals surface area contributed by atoms with Crippen molar-refractivity contribution in [2.45, 2.75) is 45.1 Å². The molecule has 0 aliphatic heterocycles. The van der Waals surface area contributed by atoms with Crippen LogP contribution < -0.4 is 0 Å². The molecule has 0 saturated heterocycles. The van der Waals surface area contributed by atoms with Crippen LogP contribution in [-0.4, -0.2) is 36.4 Å². The van der Waals surface area contributed by atoms with E-state index in [2.05, 4.69) is 0 Å². The van der Waals surface area contributed by atoms with Gasteiger partial charge in [0, 0.05) is 12.6 Å². The molecule has 1 atom stereocenters. The Morgan fingerprint density at radius 3 is 2.40 bits per heavy atom. The average Bonchev–Trinajstić information content (AvgIpc) is 2.27. The van der Waals surface area contributed by atoms with Crippen LogP contribution in [0.2, 0.25) is 0 Å². The number of carboxylic acids is 1. The lowest BCUT2D eigenvalue weighted by atomic mass is 10.2. The number of sulfonamides is 1. The van der Waals surface area contributed by atoms with Gasteiger partial charge in [-0.15, -0.1) is 0 Å². The van der Waals surface area contributed by atoms with Crippen LogP contribution in [0.25, 0.3) is 0 Å². The second-order valence-electron chi connectivity index (χ2n) is 4.92. The summed E-state index contributed by atoms with van der Waals surface area (Å²) in [4.78, 5) is 11.0. The minimum Gasteiger partial charge on any atom is -0.481 e. The highest BCUT2D eigenvalue weighted by Crippen LogP contribution is 2.23. The largest absolute Gasteiger partial charge is 0.481 e. The van der Waals surface area contributed by atoms with Gasteiger partial charge in [-0.05, 0) is 32.4 Å². The van der Waals surface area contributed by atoms with E-state index in [-0.39, 0.29) is 17.9 Å². The van der Waals surface area contributed by atoms with Crippen molar-refractivity contribution >= 4 is 16.0 Å². The number of carboxylic acid groups (broad SMARTS) is 1. The first kappa shape index (κ1) is 16.7. The lowest BCUT2D eigenvalue weighted by molar-refractivity contribution is -0.137. The maximum absolute atomic E-state index is 12.7. The molecule has 1 rings (SSSR count). The molecule has 0 heterocycles. The number of hydrogen-bond acceptors (Lipinski definition) is 3. The van der Waals surface area contributed by atoms with Gasteiger partial charge in [-0.25, -0.2) is 8.42 Å². The van der Waals surface area contributed by atoms with E-state index in [4.69, 9.17) is 5.11 Å². The first-order valence-corrected chi connectivity index (χ1v) is 7.95. The normalized spacial score (nSPS) is 13.4.